The van der Waals surface area contributed by atoms with Crippen molar-refractivity contribution in [3.8, 4) is 0 Å². The Labute approximate surface area is 102 Å². The van der Waals surface area contributed by atoms with Crippen LogP contribution in [0.25, 0.3) is 0 Å². The molecule has 0 bridgehead atoms. The lowest BCUT2D eigenvalue weighted by atomic mass is 10.0. The third-order valence-corrected chi connectivity index (χ3v) is 1.88. The van der Waals surface area contributed by atoms with E-state index in [1.165, 1.54) is 6.92 Å². The number of hydrogen-bond donors (Lipinski definition) is 4. The number of carboxylic acids is 1. The summed E-state index contributed by atoms with van der Waals surface area (Å²) in [6, 6.07) is -0.494. The molecule has 1 atom stereocenters. The highest BCUT2D eigenvalue weighted by molar-refractivity contribution is 9.11. The van der Waals surface area contributed by atoms with Crippen molar-refractivity contribution in [2.75, 3.05) is 13.1 Å². The summed E-state index contributed by atoms with van der Waals surface area (Å²) in [6.45, 7) is 4.98. The monoisotopic (exact) mass is 294 g/mol. The van der Waals surface area contributed by atoms with Gasteiger partial charge in [0.25, 0.3) is 0 Å². The lowest BCUT2D eigenvalue weighted by Crippen LogP contribution is -2.46. The summed E-state index contributed by atoms with van der Waals surface area (Å²) in [5, 5.41) is 22.9. The van der Waals surface area contributed by atoms with Gasteiger partial charge >= 0.3 is 12.0 Å². The maximum Gasteiger partial charge on any atom is 0.315 e. The topological polar surface area (TPSA) is 98.7 Å². The predicted octanol–water partition coefficient (Wildman–Crippen LogP) is 0.420. The number of carboxylic acid groups (broad SMARTS) is 1. The third kappa shape index (κ3) is 8.25. The zero-order valence-corrected chi connectivity index (χ0v) is 10.5. The van der Waals surface area contributed by atoms with Gasteiger partial charge in [-0.1, -0.05) is 22.5 Å². The van der Waals surface area contributed by atoms with Crippen LogP contribution in [0.2, 0.25) is 0 Å². The maximum atomic E-state index is 11.1. The molecule has 7 heteroatoms. The van der Waals surface area contributed by atoms with Crippen LogP contribution in [0.15, 0.2) is 11.1 Å². The normalized spacial score (nSPS) is 13.7. The van der Waals surface area contributed by atoms with Crippen LogP contribution in [0.5, 0.6) is 0 Å². The molecule has 6 nitrogen and oxygen atoms in total. The van der Waals surface area contributed by atoms with Gasteiger partial charge in [0, 0.05) is 11.0 Å². The molecule has 0 aromatic carbocycles. The highest BCUT2D eigenvalue weighted by Crippen LogP contribution is 2.07. The van der Waals surface area contributed by atoms with Crippen molar-refractivity contribution in [3.05, 3.63) is 11.1 Å². The second kappa shape index (κ2) is 6.49. The number of rotatable bonds is 6. The van der Waals surface area contributed by atoms with Crippen molar-refractivity contribution in [3.63, 3.8) is 0 Å². The van der Waals surface area contributed by atoms with E-state index in [0.29, 0.717) is 4.48 Å². The van der Waals surface area contributed by atoms with Gasteiger partial charge in [0.05, 0.1) is 18.6 Å². The number of carbonyl (C=O) groups is 2. The van der Waals surface area contributed by atoms with Crippen LogP contribution in [0.4, 0.5) is 4.79 Å². The Morgan fingerprint density at radius 3 is 2.44 bits per heavy atom. The molecule has 0 spiro atoms. The summed E-state index contributed by atoms with van der Waals surface area (Å²) < 4.78 is 0.611. The maximum absolute atomic E-state index is 11.1. The molecule has 2 amide bonds. The molecular formula is C9H15BrN2O4. The minimum atomic E-state index is -1.46. The second-order valence-corrected chi connectivity index (χ2v) is 4.74. The minimum absolute atomic E-state index is 0.139. The van der Waals surface area contributed by atoms with Crippen LogP contribution < -0.4 is 10.6 Å². The SMILES string of the molecule is C=C(Br)CNC(=O)NCC(C)(O)CC(=O)O. The Balaban J connectivity index is 3.90. The van der Waals surface area contributed by atoms with E-state index in [-0.39, 0.29) is 13.1 Å². The number of nitrogens with one attached hydrogen (secondary N) is 2. The lowest BCUT2D eigenvalue weighted by Gasteiger charge is -2.21. The van der Waals surface area contributed by atoms with Crippen LogP contribution in [0, 0.1) is 0 Å². The molecule has 0 aromatic heterocycles. The summed E-state index contributed by atoms with van der Waals surface area (Å²) in [4.78, 5) is 21.5. The van der Waals surface area contributed by atoms with Crippen LogP contribution in [-0.2, 0) is 4.79 Å². The number of amides is 2. The number of carbonyl (C=O) groups excluding carboxylic acids is 1. The van der Waals surface area contributed by atoms with Gasteiger partial charge in [0.2, 0.25) is 0 Å². The van der Waals surface area contributed by atoms with Crippen molar-refractivity contribution in [1.29, 1.82) is 0 Å². The van der Waals surface area contributed by atoms with Gasteiger partial charge in [-0.25, -0.2) is 4.79 Å². The first-order valence-corrected chi connectivity index (χ1v) is 5.31. The Hall–Kier alpha value is -1.08. The van der Waals surface area contributed by atoms with Gasteiger partial charge in [-0.05, 0) is 6.92 Å². The van der Waals surface area contributed by atoms with Crippen LogP contribution in [-0.4, -0.2) is 40.9 Å². The fourth-order valence-corrected chi connectivity index (χ4v) is 1.04. The Morgan fingerprint density at radius 1 is 1.44 bits per heavy atom. The van der Waals surface area contributed by atoms with Gasteiger partial charge in [-0.3, -0.25) is 4.79 Å². The van der Waals surface area contributed by atoms with E-state index in [0.717, 1.165) is 0 Å². The van der Waals surface area contributed by atoms with E-state index >= 15 is 0 Å². The molecule has 92 valence electrons. The van der Waals surface area contributed by atoms with Gasteiger partial charge in [-0.15, -0.1) is 0 Å². The summed E-state index contributed by atoms with van der Waals surface area (Å²) in [7, 11) is 0. The van der Waals surface area contributed by atoms with Gasteiger partial charge < -0.3 is 20.8 Å². The Morgan fingerprint density at radius 2 is 2.00 bits per heavy atom. The van der Waals surface area contributed by atoms with Crippen LogP contribution in [0.3, 0.4) is 0 Å². The largest absolute Gasteiger partial charge is 0.481 e. The molecular weight excluding hydrogens is 280 g/mol. The summed E-state index contributed by atoms with van der Waals surface area (Å²) >= 11 is 3.06. The smallest absolute Gasteiger partial charge is 0.315 e. The molecule has 0 saturated heterocycles. The fourth-order valence-electron chi connectivity index (χ4n) is 0.898. The molecule has 0 radical (unpaired) electrons. The molecule has 0 aliphatic carbocycles. The lowest BCUT2D eigenvalue weighted by molar-refractivity contribution is -0.141. The van der Waals surface area contributed by atoms with Crippen molar-refractivity contribution < 1.29 is 19.8 Å². The summed E-state index contributed by atoms with van der Waals surface area (Å²) in [5.41, 5.74) is -1.46. The molecule has 1 unspecified atom stereocenters. The number of halogens is 1. The zero-order chi connectivity index (χ0) is 12.8. The zero-order valence-electron chi connectivity index (χ0n) is 8.92. The first-order valence-electron chi connectivity index (χ1n) is 4.52. The first-order chi connectivity index (χ1) is 7.23. The van der Waals surface area contributed by atoms with E-state index in [1.54, 1.807) is 0 Å². The van der Waals surface area contributed by atoms with Gasteiger partial charge in [0.15, 0.2) is 0 Å². The quantitative estimate of drug-likeness (QED) is 0.571. The van der Waals surface area contributed by atoms with Gasteiger partial charge in [0.1, 0.15) is 0 Å². The molecule has 0 saturated carbocycles. The molecule has 4 N–H and O–H groups in total. The van der Waals surface area contributed by atoms with E-state index < -0.39 is 24.0 Å². The van der Waals surface area contributed by atoms with Crippen molar-refractivity contribution in [1.82, 2.24) is 10.6 Å². The molecule has 16 heavy (non-hydrogen) atoms. The summed E-state index contributed by atoms with van der Waals surface area (Å²) in [5.74, 6) is -1.12. The highest BCUT2D eigenvalue weighted by atomic mass is 79.9. The van der Waals surface area contributed by atoms with Crippen molar-refractivity contribution in [2.24, 2.45) is 0 Å². The summed E-state index contributed by atoms with van der Waals surface area (Å²) in [6.07, 6.45) is -0.432. The van der Waals surface area contributed by atoms with E-state index in [4.69, 9.17) is 5.11 Å². The number of urea groups is 1. The predicted molar refractivity (Wildman–Crippen MR) is 62.3 cm³/mol. The average Bonchev–Trinajstić information content (AvgIpc) is 2.09. The molecule has 0 rings (SSSR count). The molecule has 0 aliphatic rings. The molecule has 0 aliphatic heterocycles. The third-order valence-electron chi connectivity index (χ3n) is 1.60. The van der Waals surface area contributed by atoms with Crippen molar-refractivity contribution in [2.45, 2.75) is 18.9 Å². The van der Waals surface area contributed by atoms with Gasteiger partial charge in [-0.2, -0.15) is 0 Å². The molecule has 0 aromatic rings. The van der Waals surface area contributed by atoms with E-state index in [2.05, 4.69) is 33.1 Å². The number of aliphatic carboxylic acids is 1. The van der Waals surface area contributed by atoms with Crippen molar-refractivity contribution >= 4 is 27.9 Å². The standard InChI is InChI=1S/C9H15BrN2O4/c1-6(10)4-11-8(15)12-5-9(2,16)3-7(13)14/h16H,1,3-5H2,2H3,(H,13,14)(H2,11,12,15). The number of aliphatic hydroxyl groups is 1. The molecule has 0 fully saturated rings. The van der Waals surface area contributed by atoms with Crippen LogP contribution in [0.1, 0.15) is 13.3 Å². The Bertz CT molecular complexity index is 291. The molecule has 0 heterocycles. The number of hydrogen-bond acceptors (Lipinski definition) is 3. The minimum Gasteiger partial charge on any atom is -0.481 e. The fraction of sp³-hybridized carbons (Fsp3) is 0.556. The van der Waals surface area contributed by atoms with Crippen LogP contribution >= 0.6 is 15.9 Å². The second-order valence-electron chi connectivity index (χ2n) is 3.62. The van der Waals surface area contributed by atoms with E-state index in [1.807, 2.05) is 0 Å². The average molecular weight is 295 g/mol. The Kier molecular flexibility index (Phi) is 6.05. The van der Waals surface area contributed by atoms with E-state index in [9.17, 15) is 14.7 Å². The highest BCUT2D eigenvalue weighted by Gasteiger charge is 2.24. The first kappa shape index (κ1) is 14.9.